The second-order valence-corrected chi connectivity index (χ2v) is 6.40. The largest absolute Gasteiger partial charge is 0.367 e. The Morgan fingerprint density at radius 3 is 2.74 bits per heavy atom. The van der Waals surface area contributed by atoms with Crippen molar-refractivity contribution in [3.05, 3.63) is 52.1 Å². The highest BCUT2D eigenvalue weighted by Crippen LogP contribution is 2.30. The van der Waals surface area contributed by atoms with Crippen LogP contribution in [0.5, 0.6) is 0 Å². The van der Waals surface area contributed by atoms with Crippen molar-refractivity contribution in [2.45, 2.75) is 31.7 Å². The number of halogens is 2. The first-order chi connectivity index (χ1) is 11.1. The van der Waals surface area contributed by atoms with Gasteiger partial charge in [-0.05, 0) is 37.1 Å². The predicted molar refractivity (Wildman–Crippen MR) is 94.5 cm³/mol. The summed E-state index contributed by atoms with van der Waals surface area (Å²) in [6, 6.07) is 9.01. The van der Waals surface area contributed by atoms with E-state index in [-0.39, 0.29) is 5.91 Å². The van der Waals surface area contributed by atoms with Gasteiger partial charge in [0.15, 0.2) is 0 Å². The molecule has 0 atom stereocenters. The fourth-order valence-corrected chi connectivity index (χ4v) is 3.07. The van der Waals surface area contributed by atoms with Gasteiger partial charge < -0.3 is 10.6 Å². The van der Waals surface area contributed by atoms with Gasteiger partial charge in [0.25, 0.3) is 5.91 Å². The van der Waals surface area contributed by atoms with E-state index < -0.39 is 0 Å². The molecule has 0 saturated heterocycles. The normalized spacial score (nSPS) is 14.7. The highest BCUT2D eigenvalue weighted by atomic mass is 35.5. The molecule has 4 nitrogen and oxygen atoms in total. The Hall–Kier alpha value is -1.78. The molecule has 0 spiro atoms. The Labute approximate surface area is 145 Å². The third-order valence-corrected chi connectivity index (χ3v) is 4.75. The molecular weight excluding hydrogens is 333 g/mol. The molecule has 0 bridgehead atoms. The quantitative estimate of drug-likeness (QED) is 0.816. The number of aromatic nitrogens is 1. The molecule has 6 heteroatoms. The van der Waals surface area contributed by atoms with Crippen LogP contribution in [0.1, 0.15) is 36.0 Å². The van der Waals surface area contributed by atoms with Crippen LogP contribution >= 0.6 is 23.2 Å². The summed E-state index contributed by atoms with van der Waals surface area (Å²) in [6.07, 6.45) is 6.41. The number of carbonyl (C=O) groups is 1. The number of nitrogens with one attached hydrogen (secondary N) is 2. The van der Waals surface area contributed by atoms with E-state index in [0.29, 0.717) is 27.3 Å². The number of rotatable bonds is 4. The Balaban J connectivity index is 1.73. The Bertz CT molecular complexity index is 715. The number of amides is 1. The molecule has 1 aromatic heterocycles. The molecule has 1 amide bonds. The van der Waals surface area contributed by atoms with Crippen LogP contribution in [-0.2, 0) is 0 Å². The maximum absolute atomic E-state index is 12.4. The van der Waals surface area contributed by atoms with Crippen LogP contribution in [-0.4, -0.2) is 16.9 Å². The molecule has 0 aliphatic heterocycles. The Morgan fingerprint density at radius 1 is 1.17 bits per heavy atom. The number of hydrogen-bond acceptors (Lipinski definition) is 3. The van der Waals surface area contributed by atoms with Gasteiger partial charge in [0, 0.05) is 17.8 Å². The van der Waals surface area contributed by atoms with Crippen molar-refractivity contribution in [1.29, 1.82) is 0 Å². The highest BCUT2D eigenvalue weighted by Gasteiger charge is 2.16. The van der Waals surface area contributed by atoms with Gasteiger partial charge in [-0.2, -0.15) is 0 Å². The summed E-state index contributed by atoms with van der Waals surface area (Å²) >= 11 is 12.1. The molecule has 0 radical (unpaired) electrons. The number of pyridine rings is 1. The molecular formula is C17H17Cl2N3O. The second kappa shape index (κ2) is 7.20. The van der Waals surface area contributed by atoms with Crippen molar-refractivity contribution in [3.8, 4) is 0 Å². The lowest BCUT2D eigenvalue weighted by Gasteiger charge is -2.13. The number of hydrogen-bond donors (Lipinski definition) is 2. The van der Waals surface area contributed by atoms with Crippen LogP contribution in [0.4, 0.5) is 11.5 Å². The molecule has 1 heterocycles. The van der Waals surface area contributed by atoms with E-state index in [2.05, 4.69) is 15.6 Å². The summed E-state index contributed by atoms with van der Waals surface area (Å²) in [5, 5.41) is 6.90. The minimum atomic E-state index is -0.244. The van der Waals surface area contributed by atoms with Crippen LogP contribution in [0.15, 0.2) is 36.5 Å². The molecule has 1 aliphatic rings. The van der Waals surface area contributed by atoms with Gasteiger partial charge in [0.05, 0.1) is 15.7 Å². The first-order valence-electron chi connectivity index (χ1n) is 7.61. The minimum absolute atomic E-state index is 0.244. The van der Waals surface area contributed by atoms with E-state index in [9.17, 15) is 4.79 Å². The summed E-state index contributed by atoms with van der Waals surface area (Å²) in [6.45, 7) is 0. The highest BCUT2D eigenvalue weighted by molar-refractivity contribution is 6.44. The smallest absolute Gasteiger partial charge is 0.255 e. The van der Waals surface area contributed by atoms with Crippen molar-refractivity contribution in [1.82, 2.24) is 4.98 Å². The van der Waals surface area contributed by atoms with Crippen molar-refractivity contribution in [3.63, 3.8) is 0 Å². The van der Waals surface area contributed by atoms with Crippen LogP contribution in [0, 0.1) is 0 Å². The predicted octanol–water partition coefficient (Wildman–Crippen LogP) is 5.00. The average molecular weight is 350 g/mol. The second-order valence-electron chi connectivity index (χ2n) is 5.61. The van der Waals surface area contributed by atoms with E-state index in [1.54, 1.807) is 36.5 Å². The van der Waals surface area contributed by atoms with Crippen molar-refractivity contribution < 1.29 is 4.79 Å². The van der Waals surface area contributed by atoms with E-state index >= 15 is 0 Å². The third kappa shape index (κ3) is 3.95. The zero-order valence-corrected chi connectivity index (χ0v) is 14.0. The SMILES string of the molecule is O=C(Nc1cccc(Cl)c1Cl)c1ccnc(NC2CCCC2)c1. The monoisotopic (exact) mass is 349 g/mol. The standard InChI is InChI=1S/C17H17Cl2N3O/c18-13-6-3-7-14(16(13)19)22-17(23)11-8-9-20-15(10-11)21-12-4-1-2-5-12/h3,6-10,12H,1-2,4-5H2,(H,20,21)(H,22,23). The fraction of sp³-hybridized carbons (Fsp3) is 0.294. The fourth-order valence-electron chi connectivity index (χ4n) is 2.72. The van der Waals surface area contributed by atoms with E-state index in [1.807, 2.05) is 0 Å². The summed E-state index contributed by atoms with van der Waals surface area (Å²) in [4.78, 5) is 16.7. The van der Waals surface area contributed by atoms with Crippen molar-refractivity contribution in [2.24, 2.45) is 0 Å². The average Bonchev–Trinajstić information content (AvgIpc) is 3.05. The van der Waals surface area contributed by atoms with Gasteiger partial charge in [-0.3, -0.25) is 4.79 Å². The summed E-state index contributed by atoms with van der Waals surface area (Å²) in [5.74, 6) is 0.479. The minimum Gasteiger partial charge on any atom is -0.367 e. The number of benzene rings is 1. The number of anilines is 2. The number of carbonyl (C=O) groups excluding carboxylic acids is 1. The van der Waals surface area contributed by atoms with Crippen LogP contribution in [0.3, 0.4) is 0 Å². The summed E-state index contributed by atoms with van der Waals surface area (Å²) in [7, 11) is 0. The van der Waals surface area contributed by atoms with Crippen molar-refractivity contribution >= 4 is 40.6 Å². The van der Waals surface area contributed by atoms with E-state index in [0.717, 1.165) is 18.7 Å². The van der Waals surface area contributed by atoms with Crippen LogP contribution in [0.25, 0.3) is 0 Å². The van der Waals surface area contributed by atoms with Crippen LogP contribution < -0.4 is 10.6 Å². The molecule has 1 saturated carbocycles. The molecule has 3 rings (SSSR count). The molecule has 2 aromatic rings. The molecule has 2 N–H and O–H groups in total. The molecule has 0 unspecified atom stereocenters. The topological polar surface area (TPSA) is 54.0 Å². The van der Waals surface area contributed by atoms with Crippen LogP contribution in [0.2, 0.25) is 10.0 Å². The summed E-state index contributed by atoms with van der Waals surface area (Å²) < 4.78 is 0. The lowest BCUT2D eigenvalue weighted by atomic mass is 10.2. The van der Waals surface area contributed by atoms with E-state index in [1.165, 1.54) is 12.8 Å². The molecule has 1 fully saturated rings. The first-order valence-corrected chi connectivity index (χ1v) is 8.37. The van der Waals surface area contributed by atoms with Gasteiger partial charge in [0.2, 0.25) is 0 Å². The molecule has 120 valence electrons. The van der Waals surface area contributed by atoms with E-state index in [4.69, 9.17) is 23.2 Å². The van der Waals surface area contributed by atoms with Gasteiger partial charge in [-0.15, -0.1) is 0 Å². The first kappa shape index (κ1) is 16.1. The summed E-state index contributed by atoms with van der Waals surface area (Å²) in [5.41, 5.74) is 1.02. The Kier molecular flexibility index (Phi) is 5.03. The van der Waals surface area contributed by atoms with Gasteiger partial charge in [-0.25, -0.2) is 4.98 Å². The van der Waals surface area contributed by atoms with Gasteiger partial charge in [0.1, 0.15) is 5.82 Å². The lowest BCUT2D eigenvalue weighted by molar-refractivity contribution is 0.102. The number of nitrogens with zero attached hydrogens (tertiary/aromatic N) is 1. The maximum Gasteiger partial charge on any atom is 0.255 e. The molecule has 1 aromatic carbocycles. The van der Waals surface area contributed by atoms with Crippen molar-refractivity contribution in [2.75, 3.05) is 10.6 Å². The third-order valence-electron chi connectivity index (χ3n) is 3.93. The van der Waals surface area contributed by atoms with Gasteiger partial charge >= 0.3 is 0 Å². The molecule has 1 aliphatic carbocycles. The Morgan fingerprint density at radius 2 is 1.96 bits per heavy atom. The zero-order chi connectivity index (χ0) is 16.2. The van der Waals surface area contributed by atoms with Gasteiger partial charge in [-0.1, -0.05) is 42.1 Å². The maximum atomic E-state index is 12.4. The molecule has 23 heavy (non-hydrogen) atoms. The lowest BCUT2D eigenvalue weighted by Crippen LogP contribution is -2.17. The zero-order valence-electron chi connectivity index (χ0n) is 12.5.